The van der Waals surface area contributed by atoms with Crippen LogP contribution in [0.15, 0.2) is 152 Å². The Labute approximate surface area is 707 Å². The molecule has 6 amide bonds. The predicted octanol–water partition coefficient (Wildman–Crippen LogP) is 14.8. The summed E-state index contributed by atoms with van der Waals surface area (Å²) in [5.74, 6) is -4.93. The van der Waals surface area contributed by atoms with Crippen LogP contribution in [0.2, 0.25) is 0 Å². The molecule has 25 heteroatoms. The number of ether oxygens (including phenoxy) is 5. The molecule has 121 heavy (non-hydrogen) atoms. The summed E-state index contributed by atoms with van der Waals surface area (Å²) in [6.07, 6.45) is 9.02. The monoisotopic (exact) mass is 1640 g/mol. The Hall–Kier alpha value is -12.2. The molecule has 0 unspecified atom stereocenters. The number of benzene rings is 5. The van der Waals surface area contributed by atoms with Gasteiger partial charge in [0.25, 0.3) is 5.91 Å². The number of carbonyl (C=O) groups is 9. The molecule has 1 saturated heterocycles. The molecule has 25 nitrogen and oxygen atoms in total. The van der Waals surface area contributed by atoms with Crippen LogP contribution < -0.4 is 16.0 Å². The van der Waals surface area contributed by atoms with Crippen molar-refractivity contribution in [2.75, 3.05) is 62.7 Å². The molecular weight excluding hydrogens is 1530 g/mol. The van der Waals surface area contributed by atoms with Gasteiger partial charge in [-0.15, -0.1) is 0 Å². The number of fused-ring (bicyclic) bond motifs is 8. The molecule has 5 aromatic carbocycles. The van der Waals surface area contributed by atoms with Crippen molar-refractivity contribution in [3.63, 3.8) is 0 Å². The first-order chi connectivity index (χ1) is 58.1. The maximum Gasteiger partial charge on any atom is 0.337 e. The molecule has 0 spiro atoms. The van der Waals surface area contributed by atoms with Gasteiger partial charge in [0.1, 0.15) is 12.1 Å². The zero-order valence-corrected chi connectivity index (χ0v) is 71.6. The van der Waals surface area contributed by atoms with E-state index in [9.17, 15) is 48.3 Å². The summed E-state index contributed by atoms with van der Waals surface area (Å²) in [5.41, 5.74) is 13.2. The molecule has 3 aliphatic rings. The Morgan fingerprint density at radius 1 is 0.529 bits per heavy atom. The number of nitrogens with one attached hydrogen (secondary N) is 5. The molecule has 10 atom stereocenters. The summed E-state index contributed by atoms with van der Waals surface area (Å²) in [6, 6.07) is 42.0. The zero-order chi connectivity index (χ0) is 87.0. The van der Waals surface area contributed by atoms with Crippen molar-refractivity contribution in [2.24, 2.45) is 23.7 Å². The molecular formula is C96H112N10O15. The quantitative estimate of drug-likeness (QED) is 0.0124. The minimum absolute atomic E-state index is 0.0703. The molecule has 8 bridgehead atoms. The first kappa shape index (κ1) is 89.6. The molecule has 0 aliphatic carbocycles. The number of methoxy groups -OCH3 is 5. The highest BCUT2D eigenvalue weighted by atomic mass is 16.5. The van der Waals surface area contributed by atoms with Crippen LogP contribution in [0.25, 0.3) is 90.9 Å². The lowest BCUT2D eigenvalue weighted by Crippen LogP contribution is -2.60. The van der Waals surface area contributed by atoms with Gasteiger partial charge in [-0.25, -0.2) is 24.4 Å². The van der Waals surface area contributed by atoms with Crippen molar-refractivity contribution < 1.29 is 71.9 Å². The van der Waals surface area contributed by atoms with Gasteiger partial charge in [-0.2, -0.15) is 0 Å². The largest absolute Gasteiger partial charge is 0.465 e. The molecule has 636 valence electrons. The van der Waals surface area contributed by atoms with Crippen molar-refractivity contribution in [3.8, 4) is 44.5 Å². The van der Waals surface area contributed by atoms with Gasteiger partial charge in [-0.3, -0.25) is 28.8 Å². The second-order valence-corrected chi connectivity index (χ2v) is 32.0. The topological polar surface area (TPSA) is 323 Å². The third kappa shape index (κ3) is 20.5. The number of H-pyrrole nitrogens is 2. The normalized spacial score (nSPS) is 15.3. The minimum Gasteiger partial charge on any atom is -0.465 e. The fraction of sp³-hybridized carbons (Fsp3) is 0.385. The number of aromatic amines is 2. The standard InChI is InChI=1S/C96H112N10O15/c1-16-57(6)87(78(117-11)54-80(108)106-53-23-26-77(106)89(118-12)58(7)90(110)98-59(8)88(109)64-24-19-17-20-25-64)105(10)93(113)85(55(2)3)103-92(112)86(56(4)5)104(9)79(107)27-21-18-22-52-97-91(111)65-36-28-60(29-37-65)81-69-44-46-71(99-69)82(61-30-38-66(39-31-61)94(114)119-13)73-48-50-75(101-73)84(63-34-42-68(43-35-63)96(116)121-15)76-51-49-74(102-76)83(72-47-45-70(81)100-72)62-32-40-67(41-33-62)95(115)120-14/h17,19-20,24-25,28-51,55-59,77-78,85-89,99,102,109H,16,18,21-23,26-27,52-54H2,1-15H3,(H,97,111)(H,98,110)(H,103,112)/t57-,58+,59+,77-,78+,85-,86-,87-,88+,89+/m0/s1. The van der Waals surface area contributed by atoms with Crippen LogP contribution in [0.5, 0.6) is 0 Å². The number of aliphatic hydroxyl groups is 1. The average molecular weight is 1650 g/mol. The number of aromatic nitrogens is 4. The molecule has 0 saturated carbocycles. The average Bonchev–Trinajstić information content (AvgIpc) is 1.62. The van der Waals surface area contributed by atoms with Crippen LogP contribution in [0.1, 0.15) is 183 Å². The van der Waals surface area contributed by atoms with Crippen LogP contribution in [-0.2, 0) is 47.7 Å². The van der Waals surface area contributed by atoms with E-state index < -0.39 is 78.3 Å². The van der Waals surface area contributed by atoms with Gasteiger partial charge in [-0.1, -0.05) is 140 Å². The number of nitrogens with zero attached hydrogens (tertiary/aromatic N) is 5. The third-order valence-corrected chi connectivity index (χ3v) is 23.5. The number of hydrogen-bond donors (Lipinski definition) is 6. The zero-order valence-electron chi connectivity index (χ0n) is 71.6. The van der Waals surface area contributed by atoms with E-state index in [0.29, 0.717) is 141 Å². The lowest BCUT2D eigenvalue weighted by atomic mass is 9.89. The minimum atomic E-state index is -1.00. The van der Waals surface area contributed by atoms with Crippen molar-refractivity contribution in [1.82, 2.24) is 50.6 Å². The van der Waals surface area contributed by atoms with Gasteiger partial charge in [0.05, 0.1) is 110 Å². The molecule has 6 heterocycles. The maximum absolute atomic E-state index is 15.0. The summed E-state index contributed by atoms with van der Waals surface area (Å²) in [4.78, 5) is 147. The Balaban J connectivity index is 0.769. The molecule has 1 fully saturated rings. The Morgan fingerprint density at radius 3 is 1.38 bits per heavy atom. The maximum atomic E-state index is 15.0. The summed E-state index contributed by atoms with van der Waals surface area (Å²) < 4.78 is 27.3. The number of carbonyl (C=O) groups excluding carboxylic acids is 9. The predicted molar refractivity (Wildman–Crippen MR) is 469 cm³/mol. The van der Waals surface area contributed by atoms with Crippen molar-refractivity contribution >= 4 is 99.7 Å². The number of likely N-dealkylation sites (N-methyl/N-ethyl adjacent to an activating group) is 2. The van der Waals surface area contributed by atoms with Gasteiger partial charge in [0, 0.05) is 97.7 Å². The highest BCUT2D eigenvalue weighted by Gasteiger charge is 2.44. The summed E-state index contributed by atoms with van der Waals surface area (Å²) in [7, 11) is 10.3. The number of esters is 3. The van der Waals surface area contributed by atoms with Gasteiger partial charge < -0.3 is 69.4 Å². The highest BCUT2D eigenvalue weighted by Crippen LogP contribution is 2.40. The van der Waals surface area contributed by atoms with E-state index in [4.69, 9.17) is 33.7 Å². The SMILES string of the molecule is CC[C@H](C)[C@@H]([C@@H](CC(=O)N1CCC[C@H]1[C@H](OC)[C@@H](C)C(=O)N[C@H](C)[C@@H](O)c1ccccc1)OC)N(C)C(=O)[C@@H](NC(=O)[C@H](C(C)C)N(C)C(=O)CCCCCNC(=O)c1ccc(-c2c3nc(c(-c4ccc(C(=O)OC)cc4)c4ccc([nH]4)c(-c4ccc(C(=O)OC)cc4)c4nc(c(-c5ccc(C(=O)OC)cc5)c5ccc2[nH]5)C=C4)C=C3)cc1)C(C)C. The van der Waals surface area contributed by atoms with Crippen LogP contribution >= 0.6 is 0 Å². The lowest BCUT2D eigenvalue weighted by Gasteiger charge is -2.41. The first-order valence-corrected chi connectivity index (χ1v) is 41.5. The second kappa shape index (κ2) is 40.7. The van der Waals surface area contributed by atoms with E-state index in [-0.39, 0.29) is 60.1 Å². The Kier molecular flexibility index (Phi) is 30.1. The first-order valence-electron chi connectivity index (χ1n) is 41.5. The number of hydrogen-bond acceptors (Lipinski definition) is 17. The summed E-state index contributed by atoms with van der Waals surface area (Å²) in [6.45, 7) is 15.7. The van der Waals surface area contributed by atoms with Crippen LogP contribution in [0.3, 0.4) is 0 Å². The van der Waals surface area contributed by atoms with Crippen molar-refractivity contribution in [2.45, 2.75) is 155 Å². The number of amides is 6. The van der Waals surface area contributed by atoms with E-state index in [1.807, 2.05) is 157 Å². The summed E-state index contributed by atoms with van der Waals surface area (Å²) >= 11 is 0. The number of unbranched alkanes of at least 4 members (excludes halogenated alkanes) is 2. The van der Waals surface area contributed by atoms with Crippen molar-refractivity contribution in [1.29, 1.82) is 0 Å². The number of aliphatic hydroxyl groups excluding tert-OH is 1. The van der Waals surface area contributed by atoms with Crippen LogP contribution in [0, 0.1) is 23.7 Å². The molecule has 11 rings (SSSR count). The van der Waals surface area contributed by atoms with Gasteiger partial charge in [0.15, 0.2) is 0 Å². The van der Waals surface area contributed by atoms with Gasteiger partial charge in [-0.05, 0) is 175 Å². The Morgan fingerprint density at radius 2 is 0.975 bits per heavy atom. The van der Waals surface area contributed by atoms with Crippen molar-refractivity contribution in [3.05, 3.63) is 202 Å². The fourth-order valence-electron chi connectivity index (χ4n) is 16.7. The number of likely N-dealkylation sites (tertiary alicyclic amines) is 1. The molecule has 6 N–H and O–H groups in total. The lowest BCUT2D eigenvalue weighted by molar-refractivity contribution is -0.148. The van der Waals surface area contributed by atoms with Crippen LogP contribution in [-0.4, -0.2) is 198 Å². The summed E-state index contributed by atoms with van der Waals surface area (Å²) in [5, 5.41) is 20.1. The fourth-order valence-corrected chi connectivity index (χ4v) is 16.7. The van der Waals surface area contributed by atoms with E-state index >= 15 is 0 Å². The molecule has 8 aromatic rings. The van der Waals surface area contributed by atoms with Crippen LogP contribution in [0.4, 0.5) is 0 Å². The molecule has 3 aliphatic heterocycles. The Bertz CT molecular complexity index is 5250. The van der Waals surface area contributed by atoms with E-state index in [1.165, 1.54) is 40.4 Å². The van der Waals surface area contributed by atoms with E-state index in [0.717, 1.165) is 27.8 Å². The van der Waals surface area contributed by atoms with E-state index in [1.54, 1.807) is 98.4 Å². The van der Waals surface area contributed by atoms with E-state index in [2.05, 4.69) is 25.9 Å². The second-order valence-electron chi connectivity index (χ2n) is 32.0. The van der Waals surface area contributed by atoms with Gasteiger partial charge >= 0.3 is 17.9 Å². The molecule has 3 aromatic heterocycles. The molecule has 0 radical (unpaired) electrons. The number of rotatable bonds is 34. The third-order valence-electron chi connectivity index (χ3n) is 23.5. The highest BCUT2D eigenvalue weighted by molar-refractivity contribution is 6.02. The smallest absolute Gasteiger partial charge is 0.337 e. The van der Waals surface area contributed by atoms with Gasteiger partial charge in [0.2, 0.25) is 29.5 Å².